The number of ketones is 1. The van der Waals surface area contributed by atoms with Gasteiger partial charge in [-0.3, -0.25) is 14.4 Å². The molecule has 0 aliphatic carbocycles. The molecule has 22 heavy (non-hydrogen) atoms. The number of hydrogen-bond acceptors (Lipinski definition) is 5. The Morgan fingerprint density at radius 1 is 1.23 bits per heavy atom. The molecule has 2 atom stereocenters. The summed E-state index contributed by atoms with van der Waals surface area (Å²) in [4.78, 5) is 45.1. The molecule has 118 valence electrons. The molecule has 0 spiro atoms. The van der Waals surface area contributed by atoms with Crippen LogP contribution in [0.3, 0.4) is 0 Å². The molecule has 0 unspecified atom stereocenters. The first-order valence-corrected chi connectivity index (χ1v) is 6.33. The smallest absolute Gasteiger partial charge is 0.331 e. The number of Topliss-reactive ketones (excluding diaryl/α,β-unsaturated/α-hetero) is 1. The number of nitrogens with one attached hydrogen (secondary N) is 1. The molecular formula is C14H16N2O6. The number of aliphatic carboxylic acids is 2. The number of rotatable bonds is 9. The van der Waals surface area contributed by atoms with Gasteiger partial charge >= 0.3 is 11.9 Å². The van der Waals surface area contributed by atoms with E-state index in [-0.39, 0.29) is 12.8 Å². The second kappa shape index (κ2) is 7.32. The Labute approximate surface area is 125 Å². The van der Waals surface area contributed by atoms with E-state index in [1.54, 1.807) is 30.3 Å². The summed E-state index contributed by atoms with van der Waals surface area (Å²) in [5.41, 5.74) is 3.89. The first-order valence-electron chi connectivity index (χ1n) is 6.33. The van der Waals surface area contributed by atoms with Crippen molar-refractivity contribution in [3.8, 4) is 0 Å². The van der Waals surface area contributed by atoms with Crippen LogP contribution in [-0.2, 0) is 25.6 Å². The number of carbonyl (C=O) groups is 4. The van der Waals surface area contributed by atoms with Crippen LogP contribution in [0.5, 0.6) is 0 Å². The van der Waals surface area contributed by atoms with E-state index >= 15 is 0 Å². The molecule has 1 rings (SSSR count). The van der Waals surface area contributed by atoms with Crippen molar-refractivity contribution in [1.82, 2.24) is 5.32 Å². The van der Waals surface area contributed by atoms with Gasteiger partial charge in [-0.2, -0.15) is 0 Å². The highest BCUT2D eigenvalue weighted by Gasteiger charge is 2.46. The van der Waals surface area contributed by atoms with Crippen molar-refractivity contribution in [2.75, 3.05) is 0 Å². The van der Waals surface area contributed by atoms with Gasteiger partial charge in [0.15, 0.2) is 11.3 Å². The first-order chi connectivity index (χ1) is 10.3. The molecule has 0 heterocycles. The van der Waals surface area contributed by atoms with Gasteiger partial charge in [-0.25, -0.2) is 4.79 Å². The van der Waals surface area contributed by atoms with Crippen LogP contribution in [0.1, 0.15) is 12.0 Å². The lowest BCUT2D eigenvalue weighted by Gasteiger charge is -2.27. The SMILES string of the molecule is N[C@@](Cc1ccccc1)(C(=O)O)C(=O)[C@H](CC(=O)O)NC=O. The number of carboxylic acid groups (broad SMARTS) is 2. The zero-order chi connectivity index (χ0) is 16.8. The lowest BCUT2D eigenvalue weighted by molar-refractivity contribution is -0.151. The van der Waals surface area contributed by atoms with Gasteiger partial charge in [0, 0.05) is 6.42 Å². The van der Waals surface area contributed by atoms with Crippen molar-refractivity contribution < 1.29 is 29.4 Å². The van der Waals surface area contributed by atoms with Gasteiger partial charge in [0.25, 0.3) is 0 Å². The van der Waals surface area contributed by atoms with E-state index in [0.717, 1.165) is 0 Å². The highest BCUT2D eigenvalue weighted by atomic mass is 16.4. The maximum atomic E-state index is 12.3. The molecule has 8 nitrogen and oxygen atoms in total. The lowest BCUT2D eigenvalue weighted by Crippen LogP contribution is -2.62. The molecule has 5 N–H and O–H groups in total. The van der Waals surface area contributed by atoms with E-state index in [0.29, 0.717) is 5.56 Å². The molecule has 0 saturated heterocycles. The number of hydrogen-bond donors (Lipinski definition) is 4. The average molecular weight is 308 g/mol. The maximum absolute atomic E-state index is 12.3. The number of carbonyl (C=O) groups excluding carboxylic acids is 2. The van der Waals surface area contributed by atoms with Gasteiger partial charge in [-0.15, -0.1) is 0 Å². The van der Waals surface area contributed by atoms with Crippen molar-refractivity contribution >= 4 is 24.1 Å². The molecule has 0 saturated carbocycles. The molecule has 0 aromatic heterocycles. The zero-order valence-electron chi connectivity index (χ0n) is 11.6. The number of nitrogens with two attached hydrogens (primary N) is 1. The predicted octanol–water partition coefficient (Wildman–Crippen LogP) is -0.830. The van der Waals surface area contributed by atoms with Gasteiger partial charge in [0.05, 0.1) is 6.42 Å². The van der Waals surface area contributed by atoms with E-state index in [4.69, 9.17) is 10.8 Å². The fraction of sp³-hybridized carbons (Fsp3) is 0.286. The van der Waals surface area contributed by atoms with Crippen molar-refractivity contribution in [3.05, 3.63) is 35.9 Å². The molecule has 0 bridgehead atoms. The zero-order valence-corrected chi connectivity index (χ0v) is 11.6. The van der Waals surface area contributed by atoms with Crippen LogP contribution in [0, 0.1) is 0 Å². The van der Waals surface area contributed by atoms with Crippen LogP contribution < -0.4 is 11.1 Å². The highest BCUT2D eigenvalue weighted by molar-refractivity contribution is 6.11. The Morgan fingerprint density at radius 3 is 2.27 bits per heavy atom. The van der Waals surface area contributed by atoms with Crippen molar-refractivity contribution in [3.63, 3.8) is 0 Å². The number of amides is 1. The third-order valence-corrected chi connectivity index (χ3v) is 3.11. The lowest BCUT2D eigenvalue weighted by atomic mass is 9.83. The topological polar surface area (TPSA) is 147 Å². The minimum atomic E-state index is -2.34. The first kappa shape index (κ1) is 17.3. The molecule has 1 aromatic carbocycles. The monoisotopic (exact) mass is 308 g/mol. The fourth-order valence-corrected chi connectivity index (χ4v) is 1.98. The van der Waals surface area contributed by atoms with Crippen LogP contribution in [0.4, 0.5) is 0 Å². The van der Waals surface area contributed by atoms with Crippen LogP contribution in [0.2, 0.25) is 0 Å². The van der Waals surface area contributed by atoms with Crippen molar-refractivity contribution in [2.45, 2.75) is 24.4 Å². The molecular weight excluding hydrogens is 292 g/mol. The standard InChI is InChI=1S/C14H16N2O6/c15-14(13(21)22,7-9-4-2-1-3-5-9)12(20)10(16-8-17)6-11(18)19/h1-5,8,10H,6-7,15H2,(H,16,17)(H,18,19)(H,21,22)/t10-,14+/m0/s1. The summed E-state index contributed by atoms with van der Waals surface area (Å²) in [6.45, 7) is 0. The molecule has 0 radical (unpaired) electrons. The largest absolute Gasteiger partial charge is 0.481 e. The minimum absolute atomic E-state index is 0.135. The van der Waals surface area contributed by atoms with E-state index in [2.05, 4.69) is 0 Å². The van der Waals surface area contributed by atoms with Gasteiger partial charge in [0.2, 0.25) is 6.41 Å². The summed E-state index contributed by atoms with van der Waals surface area (Å²) >= 11 is 0. The number of benzene rings is 1. The van der Waals surface area contributed by atoms with E-state index in [9.17, 15) is 24.3 Å². The maximum Gasteiger partial charge on any atom is 0.331 e. The highest BCUT2D eigenvalue weighted by Crippen LogP contribution is 2.16. The van der Waals surface area contributed by atoms with Gasteiger partial charge in [-0.1, -0.05) is 30.3 Å². The molecule has 0 aliphatic heterocycles. The Kier molecular flexibility index (Phi) is 5.76. The molecule has 1 aromatic rings. The summed E-state index contributed by atoms with van der Waals surface area (Å²) in [6.07, 6.45) is -0.937. The summed E-state index contributed by atoms with van der Waals surface area (Å²) in [5, 5.41) is 20.1. The Bertz CT molecular complexity index is 574. The van der Waals surface area contributed by atoms with Crippen LogP contribution in [0.15, 0.2) is 30.3 Å². The average Bonchev–Trinajstić information content (AvgIpc) is 2.46. The second-order valence-electron chi connectivity index (χ2n) is 4.74. The molecule has 1 amide bonds. The predicted molar refractivity (Wildman–Crippen MR) is 74.9 cm³/mol. The van der Waals surface area contributed by atoms with E-state index in [1.165, 1.54) is 0 Å². The quantitative estimate of drug-likeness (QED) is 0.344. The Morgan fingerprint density at radius 2 is 1.82 bits per heavy atom. The van der Waals surface area contributed by atoms with Crippen molar-refractivity contribution in [2.24, 2.45) is 5.73 Å². The summed E-state index contributed by atoms with van der Waals surface area (Å²) in [7, 11) is 0. The number of carboxylic acids is 2. The van der Waals surface area contributed by atoms with Gasteiger partial charge < -0.3 is 21.3 Å². The summed E-state index contributed by atoms with van der Waals surface area (Å²) < 4.78 is 0. The molecule has 8 heteroatoms. The Hall–Kier alpha value is -2.74. The molecule has 0 fully saturated rings. The molecule has 0 aliphatic rings. The van der Waals surface area contributed by atoms with E-state index in [1.807, 2.05) is 5.32 Å². The van der Waals surface area contributed by atoms with Crippen LogP contribution in [0.25, 0.3) is 0 Å². The third kappa shape index (κ3) is 4.13. The third-order valence-electron chi connectivity index (χ3n) is 3.11. The van der Waals surface area contributed by atoms with Gasteiger partial charge in [0.1, 0.15) is 6.04 Å². The normalized spacial score (nSPS) is 14.4. The van der Waals surface area contributed by atoms with Gasteiger partial charge in [-0.05, 0) is 5.56 Å². The summed E-state index contributed by atoms with van der Waals surface area (Å²) in [5.74, 6) is -4.03. The second-order valence-corrected chi connectivity index (χ2v) is 4.74. The van der Waals surface area contributed by atoms with Crippen molar-refractivity contribution in [1.29, 1.82) is 0 Å². The van der Waals surface area contributed by atoms with Crippen LogP contribution in [-0.4, -0.2) is 45.9 Å². The minimum Gasteiger partial charge on any atom is -0.481 e. The van der Waals surface area contributed by atoms with E-state index < -0.39 is 35.7 Å². The Balaban J connectivity index is 3.10. The summed E-state index contributed by atoms with van der Waals surface area (Å²) in [6, 6.07) is 6.70. The van der Waals surface area contributed by atoms with Crippen LogP contribution >= 0.6 is 0 Å². The fourth-order valence-electron chi connectivity index (χ4n) is 1.98.